The van der Waals surface area contributed by atoms with Gasteiger partial charge in [0.25, 0.3) is 0 Å². The number of likely N-dealkylation sites (tertiary alicyclic amines) is 1. The van der Waals surface area contributed by atoms with Crippen molar-refractivity contribution in [2.75, 3.05) is 20.2 Å². The van der Waals surface area contributed by atoms with Crippen molar-refractivity contribution < 1.29 is 14.9 Å². The lowest BCUT2D eigenvalue weighted by Crippen LogP contribution is -2.47. The third kappa shape index (κ3) is 2.40. The van der Waals surface area contributed by atoms with Gasteiger partial charge in [-0.2, -0.15) is 0 Å². The topological polar surface area (TPSA) is 52.9 Å². The van der Waals surface area contributed by atoms with E-state index in [9.17, 15) is 10.2 Å². The van der Waals surface area contributed by atoms with Gasteiger partial charge in [-0.3, -0.25) is 0 Å². The minimum absolute atomic E-state index is 0.0657. The van der Waals surface area contributed by atoms with E-state index in [1.54, 1.807) is 0 Å². The Morgan fingerprint density at radius 1 is 1.38 bits per heavy atom. The van der Waals surface area contributed by atoms with Gasteiger partial charge in [-0.05, 0) is 63.9 Å². The van der Waals surface area contributed by atoms with Gasteiger partial charge in [0.05, 0.1) is 12.7 Å². The number of ether oxygens (including phenoxy) is 1. The summed E-state index contributed by atoms with van der Waals surface area (Å²) in [5.74, 6) is 0.777. The minimum Gasteiger partial charge on any atom is -0.504 e. The van der Waals surface area contributed by atoms with Gasteiger partial charge >= 0.3 is 0 Å². The minimum atomic E-state index is -0.194. The van der Waals surface area contributed by atoms with Crippen molar-refractivity contribution in [3.8, 4) is 11.5 Å². The predicted octanol–water partition coefficient (Wildman–Crippen LogP) is 2.28. The Morgan fingerprint density at radius 2 is 2.19 bits per heavy atom. The monoisotopic (exact) mass is 291 g/mol. The van der Waals surface area contributed by atoms with E-state index < -0.39 is 0 Å². The Hall–Kier alpha value is -1.26. The second kappa shape index (κ2) is 5.50. The number of nitrogens with zero attached hydrogens (tertiary/aromatic N) is 1. The van der Waals surface area contributed by atoms with Crippen molar-refractivity contribution in [1.82, 2.24) is 4.90 Å². The highest BCUT2D eigenvalue weighted by molar-refractivity contribution is 5.45. The molecule has 0 radical (unpaired) electrons. The average molecular weight is 291 g/mol. The highest BCUT2D eigenvalue weighted by Crippen LogP contribution is 2.49. The van der Waals surface area contributed by atoms with Crippen LogP contribution < -0.4 is 4.74 Å². The van der Waals surface area contributed by atoms with E-state index in [0.717, 1.165) is 32.2 Å². The second-order valence-electron chi connectivity index (χ2n) is 6.45. The van der Waals surface area contributed by atoms with E-state index in [0.29, 0.717) is 18.4 Å². The molecule has 116 valence electrons. The van der Waals surface area contributed by atoms with E-state index in [2.05, 4.69) is 18.0 Å². The first-order chi connectivity index (χ1) is 10.1. The Labute approximate surface area is 126 Å². The standard InChI is InChI=1S/C17H25NO3/c1-3-21-15-5-4-12(10-14(15)20)17-7-6-13(19)11-16(17)18(2)9-8-17/h4-5,10,13,16,19-20H,3,6-9,11H2,1-2H3/t13-,16+,17+/m1/s1. The van der Waals surface area contributed by atoms with Crippen LogP contribution in [0.3, 0.4) is 0 Å². The Morgan fingerprint density at radius 3 is 2.90 bits per heavy atom. The number of phenolic OH excluding ortho intramolecular Hbond substituents is 1. The first-order valence-corrected chi connectivity index (χ1v) is 7.91. The molecule has 0 amide bonds. The summed E-state index contributed by atoms with van der Waals surface area (Å²) in [5.41, 5.74) is 1.25. The van der Waals surface area contributed by atoms with Crippen LogP contribution >= 0.6 is 0 Å². The molecule has 1 heterocycles. The summed E-state index contributed by atoms with van der Waals surface area (Å²) in [7, 11) is 2.14. The molecular weight excluding hydrogens is 266 g/mol. The first-order valence-electron chi connectivity index (χ1n) is 7.91. The molecule has 1 aliphatic carbocycles. The number of aromatic hydroxyl groups is 1. The molecule has 2 fully saturated rings. The molecule has 1 saturated heterocycles. The maximum Gasteiger partial charge on any atom is 0.160 e. The Balaban J connectivity index is 1.95. The van der Waals surface area contributed by atoms with Gasteiger partial charge in [-0.25, -0.2) is 0 Å². The molecule has 2 N–H and O–H groups in total. The number of benzene rings is 1. The number of aliphatic hydroxyl groups is 1. The van der Waals surface area contributed by atoms with Crippen LogP contribution in [0, 0.1) is 0 Å². The number of hydrogen-bond acceptors (Lipinski definition) is 4. The average Bonchev–Trinajstić information content (AvgIpc) is 2.80. The summed E-state index contributed by atoms with van der Waals surface area (Å²) in [4.78, 5) is 2.36. The fraction of sp³-hybridized carbons (Fsp3) is 0.647. The van der Waals surface area contributed by atoms with Gasteiger partial charge in [0, 0.05) is 11.5 Å². The molecule has 3 atom stereocenters. The van der Waals surface area contributed by atoms with E-state index >= 15 is 0 Å². The van der Waals surface area contributed by atoms with Gasteiger partial charge in [0.1, 0.15) is 0 Å². The molecule has 1 aromatic rings. The predicted molar refractivity (Wildman–Crippen MR) is 81.8 cm³/mol. The largest absolute Gasteiger partial charge is 0.504 e. The molecule has 4 heteroatoms. The van der Waals surface area contributed by atoms with Crippen molar-refractivity contribution in [1.29, 1.82) is 0 Å². The molecule has 1 saturated carbocycles. The summed E-state index contributed by atoms with van der Waals surface area (Å²) in [6.45, 7) is 3.51. The highest BCUT2D eigenvalue weighted by Gasteiger charge is 2.50. The van der Waals surface area contributed by atoms with Crippen LogP contribution in [-0.4, -0.2) is 47.5 Å². The summed E-state index contributed by atoms with van der Waals surface area (Å²) in [6, 6.07) is 6.20. The third-order valence-corrected chi connectivity index (χ3v) is 5.33. The summed E-state index contributed by atoms with van der Waals surface area (Å²) >= 11 is 0. The van der Waals surface area contributed by atoms with Crippen LogP contribution in [0.1, 0.15) is 38.2 Å². The van der Waals surface area contributed by atoms with E-state index in [1.165, 1.54) is 5.56 Å². The van der Waals surface area contributed by atoms with Crippen molar-refractivity contribution >= 4 is 0 Å². The normalized spacial score (nSPS) is 32.9. The van der Waals surface area contributed by atoms with Crippen molar-refractivity contribution in [2.45, 2.75) is 50.2 Å². The molecule has 3 rings (SSSR count). The highest BCUT2D eigenvalue weighted by atomic mass is 16.5. The maximum absolute atomic E-state index is 10.2. The Bertz CT molecular complexity index is 519. The summed E-state index contributed by atoms with van der Waals surface area (Å²) in [6.07, 6.45) is 3.55. The molecule has 2 aliphatic rings. The van der Waals surface area contributed by atoms with Crippen LogP contribution in [0.25, 0.3) is 0 Å². The van der Waals surface area contributed by atoms with Crippen molar-refractivity contribution in [3.63, 3.8) is 0 Å². The molecule has 0 spiro atoms. The maximum atomic E-state index is 10.2. The van der Waals surface area contributed by atoms with Crippen LogP contribution in [0.15, 0.2) is 18.2 Å². The van der Waals surface area contributed by atoms with Gasteiger partial charge < -0.3 is 19.8 Å². The SMILES string of the molecule is CCOc1ccc([C@@]23CC[C@@H](O)C[C@@H]2N(C)CC3)cc1O. The van der Waals surface area contributed by atoms with E-state index in [1.807, 2.05) is 19.1 Å². The number of rotatable bonds is 3. The lowest BCUT2D eigenvalue weighted by molar-refractivity contribution is 0.0566. The molecule has 0 bridgehead atoms. The lowest BCUT2D eigenvalue weighted by atomic mass is 9.65. The second-order valence-corrected chi connectivity index (χ2v) is 6.45. The van der Waals surface area contributed by atoms with Crippen molar-refractivity contribution in [2.24, 2.45) is 0 Å². The van der Waals surface area contributed by atoms with Gasteiger partial charge in [-0.1, -0.05) is 6.07 Å². The molecule has 1 aliphatic heterocycles. The molecule has 4 nitrogen and oxygen atoms in total. The number of hydrogen-bond donors (Lipinski definition) is 2. The number of likely N-dealkylation sites (N-methyl/N-ethyl adjacent to an activating group) is 1. The first kappa shape index (κ1) is 14.7. The fourth-order valence-electron chi connectivity index (χ4n) is 4.20. The zero-order valence-corrected chi connectivity index (χ0v) is 12.9. The molecule has 1 aromatic carbocycles. The van der Waals surface area contributed by atoms with Gasteiger partial charge in [0.2, 0.25) is 0 Å². The van der Waals surface area contributed by atoms with Crippen LogP contribution in [-0.2, 0) is 5.41 Å². The van der Waals surface area contributed by atoms with E-state index in [4.69, 9.17) is 4.74 Å². The molecule has 0 unspecified atom stereocenters. The zero-order valence-electron chi connectivity index (χ0n) is 12.9. The summed E-state index contributed by atoms with van der Waals surface area (Å²) < 4.78 is 5.43. The molecular formula is C17H25NO3. The number of fused-ring (bicyclic) bond motifs is 1. The van der Waals surface area contributed by atoms with Gasteiger partial charge in [0.15, 0.2) is 11.5 Å². The van der Waals surface area contributed by atoms with Crippen LogP contribution in [0.5, 0.6) is 11.5 Å². The zero-order chi connectivity index (χ0) is 15.0. The molecule has 21 heavy (non-hydrogen) atoms. The van der Waals surface area contributed by atoms with Gasteiger partial charge in [-0.15, -0.1) is 0 Å². The van der Waals surface area contributed by atoms with E-state index in [-0.39, 0.29) is 17.3 Å². The number of aliphatic hydroxyl groups excluding tert-OH is 1. The third-order valence-electron chi connectivity index (χ3n) is 5.33. The fourth-order valence-corrected chi connectivity index (χ4v) is 4.20. The number of phenols is 1. The summed E-state index contributed by atoms with van der Waals surface area (Å²) in [5, 5.41) is 20.2. The van der Waals surface area contributed by atoms with Crippen molar-refractivity contribution in [3.05, 3.63) is 23.8 Å². The molecule has 0 aromatic heterocycles. The quantitative estimate of drug-likeness (QED) is 0.897. The lowest BCUT2D eigenvalue weighted by Gasteiger charge is -2.43. The smallest absolute Gasteiger partial charge is 0.160 e. The van der Waals surface area contributed by atoms with Crippen LogP contribution in [0.4, 0.5) is 0 Å². The van der Waals surface area contributed by atoms with Crippen LogP contribution in [0.2, 0.25) is 0 Å². The Kier molecular flexibility index (Phi) is 3.84.